The lowest BCUT2D eigenvalue weighted by molar-refractivity contribution is 0.0616. The molecule has 0 spiro atoms. The zero-order valence-corrected chi connectivity index (χ0v) is 12.6. The van der Waals surface area contributed by atoms with Gasteiger partial charge < -0.3 is 10.2 Å². The second kappa shape index (κ2) is 5.41. The second-order valence-electron chi connectivity index (χ2n) is 5.13. The van der Waals surface area contributed by atoms with E-state index in [0.29, 0.717) is 6.04 Å². The van der Waals surface area contributed by atoms with Crippen LogP contribution in [0.3, 0.4) is 0 Å². The Morgan fingerprint density at radius 3 is 2.78 bits per heavy atom. The quantitative estimate of drug-likeness (QED) is 0.864. The lowest BCUT2D eigenvalue weighted by atomic mass is 10.1. The van der Waals surface area contributed by atoms with E-state index in [4.69, 9.17) is 0 Å². The van der Waals surface area contributed by atoms with Crippen LogP contribution in [-0.4, -0.2) is 36.0 Å². The molecule has 1 saturated heterocycles. The summed E-state index contributed by atoms with van der Waals surface area (Å²) in [5.41, 5.74) is 1.87. The Morgan fingerprint density at radius 1 is 1.39 bits per heavy atom. The molecule has 0 aromatic heterocycles. The Labute approximate surface area is 117 Å². The summed E-state index contributed by atoms with van der Waals surface area (Å²) in [4.78, 5) is 14.5. The molecule has 1 heterocycles. The van der Waals surface area contributed by atoms with E-state index in [1.807, 2.05) is 30.0 Å². The molecule has 2 unspecified atom stereocenters. The van der Waals surface area contributed by atoms with Gasteiger partial charge in [0.05, 0.1) is 0 Å². The number of nitrogens with one attached hydrogen (secondary N) is 1. The topological polar surface area (TPSA) is 32.3 Å². The maximum atomic E-state index is 12.5. The van der Waals surface area contributed by atoms with Crippen molar-refractivity contribution in [2.24, 2.45) is 0 Å². The van der Waals surface area contributed by atoms with Crippen LogP contribution in [0.25, 0.3) is 0 Å². The molecule has 0 saturated carbocycles. The van der Waals surface area contributed by atoms with Gasteiger partial charge in [0.2, 0.25) is 0 Å². The molecule has 3 nitrogen and oxygen atoms in total. The highest BCUT2D eigenvalue weighted by Crippen LogP contribution is 2.19. The second-order valence-corrected chi connectivity index (χ2v) is 6.05. The predicted molar refractivity (Wildman–Crippen MR) is 76.8 cm³/mol. The highest BCUT2D eigenvalue weighted by molar-refractivity contribution is 9.10. The molecule has 1 aliphatic heterocycles. The van der Waals surface area contributed by atoms with Gasteiger partial charge in [0, 0.05) is 35.2 Å². The van der Waals surface area contributed by atoms with Gasteiger partial charge in [-0.1, -0.05) is 15.9 Å². The van der Waals surface area contributed by atoms with Gasteiger partial charge >= 0.3 is 0 Å². The van der Waals surface area contributed by atoms with Crippen molar-refractivity contribution in [2.45, 2.75) is 32.9 Å². The molecule has 4 heteroatoms. The molecule has 1 N–H and O–H groups in total. The van der Waals surface area contributed by atoms with Crippen molar-refractivity contribution in [1.82, 2.24) is 10.2 Å². The van der Waals surface area contributed by atoms with Crippen LogP contribution in [0.2, 0.25) is 0 Å². The minimum Gasteiger partial charge on any atom is -0.333 e. The van der Waals surface area contributed by atoms with Crippen molar-refractivity contribution in [2.75, 3.05) is 13.1 Å². The Balaban J connectivity index is 2.24. The summed E-state index contributed by atoms with van der Waals surface area (Å²) < 4.78 is 0.960. The van der Waals surface area contributed by atoms with Gasteiger partial charge in [0.25, 0.3) is 5.91 Å². The zero-order valence-electron chi connectivity index (χ0n) is 11.0. The van der Waals surface area contributed by atoms with Crippen molar-refractivity contribution in [3.05, 3.63) is 33.8 Å². The van der Waals surface area contributed by atoms with E-state index in [9.17, 15) is 4.79 Å². The molecule has 1 aromatic rings. The summed E-state index contributed by atoms with van der Waals surface area (Å²) in [5.74, 6) is 0.125. The van der Waals surface area contributed by atoms with E-state index >= 15 is 0 Å². The van der Waals surface area contributed by atoms with Crippen molar-refractivity contribution in [1.29, 1.82) is 0 Å². The normalized spacial score (nSPS) is 24.1. The van der Waals surface area contributed by atoms with Gasteiger partial charge in [-0.25, -0.2) is 0 Å². The average Bonchev–Trinajstić information content (AvgIpc) is 2.30. The molecule has 2 rings (SSSR count). The molecule has 0 radical (unpaired) electrons. The van der Waals surface area contributed by atoms with Crippen LogP contribution >= 0.6 is 15.9 Å². The monoisotopic (exact) mass is 310 g/mol. The van der Waals surface area contributed by atoms with Gasteiger partial charge in [-0.05, 0) is 44.5 Å². The van der Waals surface area contributed by atoms with Crippen LogP contribution in [0.5, 0.6) is 0 Å². The molecule has 0 aliphatic carbocycles. The van der Waals surface area contributed by atoms with E-state index in [1.165, 1.54) is 0 Å². The maximum absolute atomic E-state index is 12.5. The number of carbonyl (C=O) groups excluding carboxylic acids is 1. The molecule has 1 aliphatic rings. The molecule has 0 bridgehead atoms. The lowest BCUT2D eigenvalue weighted by Gasteiger charge is -2.37. The number of amides is 1. The predicted octanol–water partition coefficient (Wildman–Crippen LogP) is 2.58. The standard InChI is InChI=1S/C14H19BrN2O/c1-9-4-12(6-13(15)5-9)14(18)17-8-10(2)16-7-11(17)3/h4-6,10-11,16H,7-8H2,1-3H3. The minimum absolute atomic E-state index is 0.125. The van der Waals surface area contributed by atoms with Crippen molar-refractivity contribution in [3.8, 4) is 0 Å². The summed E-state index contributed by atoms with van der Waals surface area (Å²) >= 11 is 3.45. The van der Waals surface area contributed by atoms with E-state index in [2.05, 4.69) is 35.1 Å². The summed E-state index contributed by atoms with van der Waals surface area (Å²) in [7, 11) is 0. The van der Waals surface area contributed by atoms with Crippen LogP contribution in [0, 0.1) is 6.92 Å². The first-order chi connectivity index (χ1) is 8.47. The van der Waals surface area contributed by atoms with E-state index in [-0.39, 0.29) is 11.9 Å². The van der Waals surface area contributed by atoms with Crippen molar-refractivity contribution >= 4 is 21.8 Å². The van der Waals surface area contributed by atoms with Crippen LogP contribution in [0.4, 0.5) is 0 Å². The zero-order chi connectivity index (χ0) is 13.3. The molecule has 1 aromatic carbocycles. The molecular weight excluding hydrogens is 292 g/mol. The molecule has 2 atom stereocenters. The smallest absolute Gasteiger partial charge is 0.254 e. The molecule has 98 valence electrons. The Kier molecular flexibility index (Phi) is 4.07. The number of aryl methyl sites for hydroxylation is 1. The number of hydrogen-bond acceptors (Lipinski definition) is 2. The SMILES string of the molecule is Cc1cc(Br)cc(C(=O)N2CC(C)NCC2C)c1. The summed E-state index contributed by atoms with van der Waals surface area (Å²) in [5, 5.41) is 3.39. The van der Waals surface area contributed by atoms with E-state index in [1.54, 1.807) is 0 Å². The Morgan fingerprint density at radius 2 is 2.11 bits per heavy atom. The Hall–Kier alpha value is -0.870. The molecular formula is C14H19BrN2O. The third kappa shape index (κ3) is 2.93. The number of benzene rings is 1. The fourth-order valence-corrected chi connectivity index (χ4v) is 2.94. The molecule has 1 fully saturated rings. The van der Waals surface area contributed by atoms with Crippen molar-refractivity contribution in [3.63, 3.8) is 0 Å². The lowest BCUT2D eigenvalue weighted by Crippen LogP contribution is -2.56. The number of piperazine rings is 1. The van der Waals surface area contributed by atoms with Gasteiger partial charge in [0.1, 0.15) is 0 Å². The first-order valence-corrected chi connectivity index (χ1v) is 7.08. The molecule has 1 amide bonds. The summed E-state index contributed by atoms with van der Waals surface area (Å²) in [6.07, 6.45) is 0. The summed E-state index contributed by atoms with van der Waals surface area (Å²) in [6.45, 7) is 7.83. The first-order valence-electron chi connectivity index (χ1n) is 6.29. The van der Waals surface area contributed by atoms with Gasteiger partial charge in [-0.3, -0.25) is 4.79 Å². The number of hydrogen-bond donors (Lipinski definition) is 1. The maximum Gasteiger partial charge on any atom is 0.254 e. The summed E-state index contributed by atoms with van der Waals surface area (Å²) in [6, 6.07) is 6.47. The Bertz CT molecular complexity index is 441. The number of halogens is 1. The highest BCUT2D eigenvalue weighted by Gasteiger charge is 2.27. The van der Waals surface area contributed by atoms with Gasteiger partial charge in [-0.15, -0.1) is 0 Å². The number of carbonyl (C=O) groups is 1. The van der Waals surface area contributed by atoms with Crippen LogP contribution in [0.1, 0.15) is 29.8 Å². The fourth-order valence-electron chi connectivity index (χ4n) is 2.33. The van der Waals surface area contributed by atoms with Gasteiger partial charge in [-0.2, -0.15) is 0 Å². The number of rotatable bonds is 1. The van der Waals surface area contributed by atoms with Crippen LogP contribution in [0.15, 0.2) is 22.7 Å². The van der Waals surface area contributed by atoms with E-state index in [0.717, 1.165) is 28.7 Å². The van der Waals surface area contributed by atoms with Crippen molar-refractivity contribution < 1.29 is 4.79 Å². The first kappa shape index (κ1) is 13.6. The van der Waals surface area contributed by atoms with Crippen LogP contribution < -0.4 is 5.32 Å². The van der Waals surface area contributed by atoms with Crippen LogP contribution in [-0.2, 0) is 0 Å². The minimum atomic E-state index is 0.125. The third-order valence-corrected chi connectivity index (χ3v) is 3.77. The number of nitrogens with zero attached hydrogens (tertiary/aromatic N) is 1. The largest absolute Gasteiger partial charge is 0.333 e. The average molecular weight is 311 g/mol. The van der Waals surface area contributed by atoms with Gasteiger partial charge in [0.15, 0.2) is 0 Å². The third-order valence-electron chi connectivity index (χ3n) is 3.31. The fraction of sp³-hybridized carbons (Fsp3) is 0.500. The highest BCUT2D eigenvalue weighted by atomic mass is 79.9. The molecule has 18 heavy (non-hydrogen) atoms. The van der Waals surface area contributed by atoms with E-state index < -0.39 is 0 Å².